The van der Waals surface area contributed by atoms with Gasteiger partial charge in [-0.1, -0.05) is 43.7 Å². The molecule has 1 atom stereocenters. The molecule has 0 bridgehead atoms. The van der Waals surface area contributed by atoms with Crippen molar-refractivity contribution in [2.45, 2.75) is 25.3 Å². The molecule has 1 aromatic rings. The summed E-state index contributed by atoms with van der Waals surface area (Å²) in [5, 5.41) is 2.80. The highest BCUT2D eigenvalue weighted by molar-refractivity contribution is 6.09. The molecule has 0 aliphatic carbocycles. The number of carbonyl (C=O) groups excluding carboxylic acids is 3. The zero-order valence-electron chi connectivity index (χ0n) is 13.1. The highest BCUT2D eigenvalue weighted by atomic mass is 16.2. The van der Waals surface area contributed by atoms with Gasteiger partial charge in [-0.3, -0.25) is 14.5 Å². The van der Waals surface area contributed by atoms with Crippen LogP contribution < -0.4 is 5.32 Å². The van der Waals surface area contributed by atoms with E-state index in [0.717, 1.165) is 16.9 Å². The van der Waals surface area contributed by atoms with Crippen LogP contribution in [0.25, 0.3) is 0 Å². The van der Waals surface area contributed by atoms with E-state index in [1.54, 1.807) is 14.1 Å². The van der Waals surface area contributed by atoms with Crippen LogP contribution in [0, 0.1) is 0 Å². The molecule has 0 aromatic heterocycles. The highest BCUT2D eigenvalue weighted by Gasteiger charge is 2.52. The van der Waals surface area contributed by atoms with Gasteiger partial charge in [0.2, 0.25) is 5.91 Å². The number of hydrogen-bond acceptors (Lipinski definition) is 3. The third-order valence-electron chi connectivity index (χ3n) is 3.86. The second-order valence-electron chi connectivity index (χ2n) is 5.63. The van der Waals surface area contributed by atoms with Crippen molar-refractivity contribution >= 4 is 17.8 Å². The van der Waals surface area contributed by atoms with Crippen LogP contribution in [0.2, 0.25) is 0 Å². The number of nitrogens with one attached hydrogen (secondary N) is 1. The summed E-state index contributed by atoms with van der Waals surface area (Å²) in [5.41, 5.74) is -0.324. The minimum atomic E-state index is -1.07. The molecule has 1 aromatic carbocycles. The number of nitrogens with zero attached hydrogens (tertiary/aromatic N) is 2. The van der Waals surface area contributed by atoms with E-state index >= 15 is 0 Å². The number of amides is 4. The minimum absolute atomic E-state index is 0.240. The standard InChI is InChI=1S/C16H21N3O3/c1-4-10-16(12-8-6-5-7-9-12)14(21)19(15(22)17-16)11-13(20)18(2)3/h5-9H,4,10-11H2,1-3H3,(H,17,22). The molecule has 0 saturated carbocycles. The van der Waals surface area contributed by atoms with Crippen LogP contribution in [0.15, 0.2) is 30.3 Å². The second kappa shape index (κ2) is 6.17. The average Bonchev–Trinajstić information content (AvgIpc) is 2.73. The van der Waals surface area contributed by atoms with E-state index in [1.807, 2.05) is 37.3 Å². The lowest BCUT2D eigenvalue weighted by molar-refractivity contribution is -0.138. The smallest absolute Gasteiger partial charge is 0.325 e. The van der Waals surface area contributed by atoms with Crippen molar-refractivity contribution in [1.82, 2.24) is 15.1 Å². The van der Waals surface area contributed by atoms with Crippen LogP contribution in [0.5, 0.6) is 0 Å². The van der Waals surface area contributed by atoms with Crippen molar-refractivity contribution in [2.24, 2.45) is 0 Å². The lowest BCUT2D eigenvalue weighted by atomic mass is 9.85. The lowest BCUT2D eigenvalue weighted by Crippen LogP contribution is -2.45. The highest BCUT2D eigenvalue weighted by Crippen LogP contribution is 2.33. The summed E-state index contributed by atoms with van der Waals surface area (Å²) < 4.78 is 0. The summed E-state index contributed by atoms with van der Waals surface area (Å²) in [5.74, 6) is -0.649. The molecule has 1 aliphatic heterocycles. The van der Waals surface area contributed by atoms with Gasteiger partial charge >= 0.3 is 6.03 Å². The molecule has 6 nitrogen and oxygen atoms in total. The van der Waals surface area contributed by atoms with Crippen molar-refractivity contribution in [3.8, 4) is 0 Å². The van der Waals surface area contributed by atoms with Gasteiger partial charge in [-0.15, -0.1) is 0 Å². The van der Waals surface area contributed by atoms with E-state index < -0.39 is 11.6 Å². The molecule has 1 saturated heterocycles. The zero-order valence-corrected chi connectivity index (χ0v) is 13.1. The maximum Gasteiger partial charge on any atom is 0.325 e. The predicted octanol–water partition coefficient (Wildman–Crippen LogP) is 1.32. The van der Waals surface area contributed by atoms with Gasteiger partial charge in [0.15, 0.2) is 0 Å². The maximum absolute atomic E-state index is 12.9. The topological polar surface area (TPSA) is 69.7 Å². The van der Waals surface area contributed by atoms with Gasteiger partial charge in [0.05, 0.1) is 0 Å². The number of likely N-dealkylation sites (N-methyl/N-ethyl adjacent to an activating group) is 1. The van der Waals surface area contributed by atoms with E-state index in [9.17, 15) is 14.4 Å². The van der Waals surface area contributed by atoms with Gasteiger partial charge in [0, 0.05) is 14.1 Å². The third-order valence-corrected chi connectivity index (χ3v) is 3.86. The van der Waals surface area contributed by atoms with E-state index in [-0.39, 0.29) is 18.4 Å². The molecule has 1 fully saturated rings. The van der Waals surface area contributed by atoms with Crippen LogP contribution in [0.4, 0.5) is 4.79 Å². The molecule has 4 amide bonds. The first-order valence-electron chi connectivity index (χ1n) is 7.32. The Hall–Kier alpha value is -2.37. The fraction of sp³-hybridized carbons (Fsp3) is 0.438. The summed E-state index contributed by atoms with van der Waals surface area (Å²) in [7, 11) is 3.19. The molecule has 118 valence electrons. The number of rotatable bonds is 5. The molecule has 0 spiro atoms. The van der Waals surface area contributed by atoms with Crippen molar-refractivity contribution in [3.63, 3.8) is 0 Å². The molecule has 1 unspecified atom stereocenters. The summed E-state index contributed by atoms with van der Waals surface area (Å²) in [6, 6.07) is 8.66. The maximum atomic E-state index is 12.9. The number of hydrogen-bond donors (Lipinski definition) is 1. The molecular formula is C16H21N3O3. The van der Waals surface area contributed by atoms with Gasteiger partial charge in [0.1, 0.15) is 12.1 Å². The van der Waals surface area contributed by atoms with Gasteiger partial charge < -0.3 is 10.2 Å². The van der Waals surface area contributed by atoms with Gasteiger partial charge in [-0.05, 0) is 12.0 Å². The Balaban J connectivity index is 2.36. The van der Waals surface area contributed by atoms with E-state index in [1.165, 1.54) is 4.90 Å². The van der Waals surface area contributed by atoms with Crippen LogP contribution in [-0.2, 0) is 15.1 Å². The Labute approximate surface area is 130 Å². The molecule has 22 heavy (non-hydrogen) atoms. The van der Waals surface area contributed by atoms with Crippen molar-refractivity contribution in [1.29, 1.82) is 0 Å². The Bertz CT molecular complexity index is 586. The summed E-state index contributed by atoms with van der Waals surface area (Å²) in [6.45, 7) is 1.72. The Morgan fingerprint density at radius 2 is 1.86 bits per heavy atom. The first-order valence-corrected chi connectivity index (χ1v) is 7.32. The molecule has 0 radical (unpaired) electrons. The Morgan fingerprint density at radius 1 is 1.23 bits per heavy atom. The summed E-state index contributed by atoms with van der Waals surface area (Å²) in [6.07, 6.45) is 1.23. The van der Waals surface area contributed by atoms with Gasteiger partial charge in [-0.2, -0.15) is 0 Å². The molecule has 2 rings (SSSR count). The van der Waals surface area contributed by atoms with Crippen LogP contribution in [0.3, 0.4) is 0 Å². The zero-order chi connectivity index (χ0) is 16.3. The Kier molecular flexibility index (Phi) is 4.49. The minimum Gasteiger partial charge on any atom is -0.347 e. The molecule has 1 N–H and O–H groups in total. The van der Waals surface area contributed by atoms with Crippen LogP contribution in [-0.4, -0.2) is 48.3 Å². The molecule has 6 heteroatoms. The number of urea groups is 1. The first-order chi connectivity index (χ1) is 10.4. The van der Waals surface area contributed by atoms with Crippen LogP contribution >= 0.6 is 0 Å². The number of carbonyl (C=O) groups is 3. The van der Waals surface area contributed by atoms with E-state index in [0.29, 0.717) is 6.42 Å². The fourth-order valence-corrected chi connectivity index (χ4v) is 2.65. The number of imide groups is 1. The van der Waals surface area contributed by atoms with Crippen molar-refractivity contribution in [3.05, 3.63) is 35.9 Å². The summed E-state index contributed by atoms with van der Waals surface area (Å²) >= 11 is 0. The summed E-state index contributed by atoms with van der Waals surface area (Å²) in [4.78, 5) is 39.3. The van der Waals surface area contributed by atoms with Crippen molar-refractivity contribution < 1.29 is 14.4 Å². The Morgan fingerprint density at radius 3 is 2.41 bits per heavy atom. The van der Waals surface area contributed by atoms with Gasteiger partial charge in [-0.25, -0.2) is 4.79 Å². The number of benzene rings is 1. The lowest BCUT2D eigenvalue weighted by Gasteiger charge is -2.27. The average molecular weight is 303 g/mol. The monoisotopic (exact) mass is 303 g/mol. The third kappa shape index (κ3) is 2.68. The first kappa shape index (κ1) is 16.0. The van der Waals surface area contributed by atoms with Crippen LogP contribution in [0.1, 0.15) is 25.3 Å². The molecule has 1 aliphatic rings. The van der Waals surface area contributed by atoms with E-state index in [4.69, 9.17) is 0 Å². The quantitative estimate of drug-likeness (QED) is 0.834. The molecule has 1 heterocycles. The van der Waals surface area contributed by atoms with Gasteiger partial charge in [0.25, 0.3) is 5.91 Å². The van der Waals surface area contributed by atoms with Crippen molar-refractivity contribution in [2.75, 3.05) is 20.6 Å². The second-order valence-corrected chi connectivity index (χ2v) is 5.63. The fourth-order valence-electron chi connectivity index (χ4n) is 2.65. The SMILES string of the molecule is CCCC1(c2ccccc2)NC(=O)N(CC(=O)N(C)C)C1=O. The molecular weight excluding hydrogens is 282 g/mol. The predicted molar refractivity (Wildman–Crippen MR) is 82.0 cm³/mol. The normalized spacial score (nSPS) is 21.0. The van der Waals surface area contributed by atoms with E-state index in [2.05, 4.69) is 5.32 Å². The largest absolute Gasteiger partial charge is 0.347 e.